The lowest BCUT2D eigenvalue weighted by Crippen LogP contribution is -2.30. The van der Waals surface area contributed by atoms with Crippen LogP contribution in [-0.2, 0) is 0 Å². The van der Waals surface area contributed by atoms with Gasteiger partial charge in [-0.05, 0) is 43.2 Å². The summed E-state index contributed by atoms with van der Waals surface area (Å²) in [6.45, 7) is 0.786. The Labute approximate surface area is 117 Å². The zero-order chi connectivity index (χ0) is 13.9. The molecule has 1 fully saturated rings. The Hall–Kier alpha value is -2.30. The number of aromatic nitrogens is 2. The third kappa shape index (κ3) is 2.27. The minimum absolute atomic E-state index is 0.0600. The van der Waals surface area contributed by atoms with Crippen molar-refractivity contribution in [3.63, 3.8) is 0 Å². The molecule has 2 heterocycles. The standard InChI is InChI=1S/C15H17N3O2/c1-20-12-6-4-11(5-7-12)15(19)18-10-2-3-14(18)13-8-9-16-17-13/h4-9,14H,2-3,10H2,1H3,(H,16,17). The number of likely N-dealkylation sites (tertiary alicyclic amines) is 1. The van der Waals surface area contributed by atoms with Crippen molar-refractivity contribution in [2.75, 3.05) is 13.7 Å². The van der Waals surface area contributed by atoms with Crippen LogP contribution in [0.15, 0.2) is 36.5 Å². The van der Waals surface area contributed by atoms with Gasteiger partial charge in [-0.2, -0.15) is 5.10 Å². The Kier molecular flexibility index (Phi) is 3.41. The molecule has 1 aromatic carbocycles. The van der Waals surface area contributed by atoms with Crippen LogP contribution in [0.25, 0.3) is 0 Å². The zero-order valence-electron chi connectivity index (χ0n) is 11.4. The Morgan fingerprint density at radius 2 is 2.15 bits per heavy atom. The van der Waals surface area contributed by atoms with Gasteiger partial charge in [0.1, 0.15) is 5.75 Å². The van der Waals surface area contributed by atoms with Gasteiger partial charge in [-0.15, -0.1) is 0 Å². The second kappa shape index (κ2) is 5.36. The van der Waals surface area contributed by atoms with E-state index in [-0.39, 0.29) is 11.9 Å². The number of aromatic amines is 1. The molecule has 1 aliphatic heterocycles. The van der Waals surface area contributed by atoms with Crippen LogP contribution < -0.4 is 4.74 Å². The number of hydrogen-bond acceptors (Lipinski definition) is 3. The first-order chi connectivity index (χ1) is 9.79. The van der Waals surface area contributed by atoms with Gasteiger partial charge in [-0.1, -0.05) is 0 Å². The van der Waals surface area contributed by atoms with Crippen molar-refractivity contribution in [2.45, 2.75) is 18.9 Å². The Bertz CT molecular complexity index is 578. The monoisotopic (exact) mass is 271 g/mol. The van der Waals surface area contributed by atoms with Gasteiger partial charge in [-0.3, -0.25) is 9.89 Å². The first kappa shape index (κ1) is 12.7. The fourth-order valence-corrected chi connectivity index (χ4v) is 2.68. The van der Waals surface area contributed by atoms with E-state index >= 15 is 0 Å². The van der Waals surface area contributed by atoms with Gasteiger partial charge in [0.05, 0.1) is 18.8 Å². The van der Waals surface area contributed by atoms with Crippen LogP contribution in [0.5, 0.6) is 5.75 Å². The van der Waals surface area contributed by atoms with E-state index < -0.39 is 0 Å². The summed E-state index contributed by atoms with van der Waals surface area (Å²) >= 11 is 0. The number of benzene rings is 1. The van der Waals surface area contributed by atoms with Crippen LogP contribution in [0.2, 0.25) is 0 Å². The summed E-state index contributed by atoms with van der Waals surface area (Å²) in [6.07, 6.45) is 3.72. The van der Waals surface area contributed by atoms with Crippen molar-refractivity contribution in [1.82, 2.24) is 15.1 Å². The van der Waals surface area contributed by atoms with E-state index in [1.807, 2.05) is 35.2 Å². The molecule has 0 radical (unpaired) electrons. The van der Waals surface area contributed by atoms with E-state index in [4.69, 9.17) is 4.74 Å². The van der Waals surface area contributed by atoms with Crippen molar-refractivity contribution >= 4 is 5.91 Å². The van der Waals surface area contributed by atoms with E-state index in [1.54, 1.807) is 13.3 Å². The molecule has 3 rings (SSSR count). The maximum absolute atomic E-state index is 12.6. The highest BCUT2D eigenvalue weighted by atomic mass is 16.5. The molecule has 1 aromatic heterocycles. The molecule has 1 amide bonds. The Morgan fingerprint density at radius 3 is 2.80 bits per heavy atom. The number of H-pyrrole nitrogens is 1. The zero-order valence-corrected chi connectivity index (χ0v) is 11.4. The van der Waals surface area contributed by atoms with Crippen molar-refractivity contribution < 1.29 is 9.53 Å². The topological polar surface area (TPSA) is 58.2 Å². The normalized spacial score (nSPS) is 18.2. The van der Waals surface area contributed by atoms with Gasteiger partial charge in [0.25, 0.3) is 5.91 Å². The SMILES string of the molecule is COc1ccc(C(=O)N2CCCC2c2ccn[nH]2)cc1. The largest absolute Gasteiger partial charge is 0.497 e. The van der Waals surface area contributed by atoms with Crippen LogP contribution >= 0.6 is 0 Å². The molecular formula is C15H17N3O2. The lowest BCUT2D eigenvalue weighted by atomic mass is 10.1. The number of hydrogen-bond donors (Lipinski definition) is 1. The van der Waals surface area contributed by atoms with Crippen molar-refractivity contribution in [2.24, 2.45) is 0 Å². The van der Waals surface area contributed by atoms with E-state index in [0.717, 1.165) is 30.8 Å². The quantitative estimate of drug-likeness (QED) is 0.932. The van der Waals surface area contributed by atoms with E-state index in [1.165, 1.54) is 0 Å². The average Bonchev–Trinajstić information content (AvgIpc) is 3.16. The van der Waals surface area contributed by atoms with Gasteiger partial charge in [0.15, 0.2) is 0 Å². The van der Waals surface area contributed by atoms with Gasteiger partial charge in [-0.25, -0.2) is 0 Å². The van der Waals surface area contributed by atoms with Crippen molar-refractivity contribution in [1.29, 1.82) is 0 Å². The molecule has 0 bridgehead atoms. The highest BCUT2D eigenvalue weighted by Crippen LogP contribution is 2.32. The molecule has 1 atom stereocenters. The summed E-state index contributed by atoms with van der Waals surface area (Å²) < 4.78 is 5.12. The van der Waals surface area contributed by atoms with Crippen molar-refractivity contribution in [3.05, 3.63) is 47.8 Å². The van der Waals surface area contributed by atoms with Crippen LogP contribution in [0.3, 0.4) is 0 Å². The number of nitrogens with one attached hydrogen (secondary N) is 1. The number of ether oxygens (including phenoxy) is 1. The number of amides is 1. The molecule has 1 N–H and O–H groups in total. The first-order valence-corrected chi connectivity index (χ1v) is 6.74. The number of nitrogens with zero attached hydrogens (tertiary/aromatic N) is 2. The molecule has 0 aliphatic carbocycles. The molecule has 0 saturated carbocycles. The molecular weight excluding hydrogens is 254 g/mol. The molecule has 1 aliphatic rings. The fourth-order valence-electron chi connectivity index (χ4n) is 2.68. The lowest BCUT2D eigenvalue weighted by Gasteiger charge is -2.23. The van der Waals surface area contributed by atoms with E-state index in [0.29, 0.717) is 5.56 Å². The third-order valence-electron chi connectivity index (χ3n) is 3.73. The molecule has 0 spiro atoms. The molecule has 1 unspecified atom stereocenters. The van der Waals surface area contributed by atoms with Crippen LogP contribution in [0.4, 0.5) is 0 Å². The summed E-state index contributed by atoms with van der Waals surface area (Å²) in [5, 5.41) is 6.95. The van der Waals surface area contributed by atoms with E-state index in [2.05, 4.69) is 10.2 Å². The third-order valence-corrected chi connectivity index (χ3v) is 3.73. The van der Waals surface area contributed by atoms with Gasteiger partial charge >= 0.3 is 0 Å². The second-order valence-corrected chi connectivity index (χ2v) is 4.90. The number of carbonyl (C=O) groups excluding carboxylic acids is 1. The minimum Gasteiger partial charge on any atom is -0.497 e. The van der Waals surface area contributed by atoms with Gasteiger partial charge in [0, 0.05) is 18.3 Å². The molecule has 5 nitrogen and oxygen atoms in total. The van der Waals surface area contributed by atoms with Crippen molar-refractivity contribution in [3.8, 4) is 5.75 Å². The summed E-state index contributed by atoms with van der Waals surface area (Å²) in [5.41, 5.74) is 1.70. The maximum atomic E-state index is 12.6. The van der Waals surface area contributed by atoms with E-state index in [9.17, 15) is 4.79 Å². The summed E-state index contributed by atoms with van der Waals surface area (Å²) in [4.78, 5) is 14.5. The van der Waals surface area contributed by atoms with Gasteiger partial charge in [0.2, 0.25) is 0 Å². The summed E-state index contributed by atoms with van der Waals surface area (Å²) in [6, 6.07) is 9.28. The molecule has 2 aromatic rings. The maximum Gasteiger partial charge on any atom is 0.254 e. The highest BCUT2D eigenvalue weighted by Gasteiger charge is 2.31. The van der Waals surface area contributed by atoms with Crippen LogP contribution in [0, 0.1) is 0 Å². The molecule has 20 heavy (non-hydrogen) atoms. The lowest BCUT2D eigenvalue weighted by molar-refractivity contribution is 0.0733. The minimum atomic E-state index is 0.0600. The fraction of sp³-hybridized carbons (Fsp3) is 0.333. The average molecular weight is 271 g/mol. The molecule has 1 saturated heterocycles. The first-order valence-electron chi connectivity index (χ1n) is 6.74. The van der Waals surface area contributed by atoms with Crippen LogP contribution in [-0.4, -0.2) is 34.7 Å². The Balaban J connectivity index is 1.81. The second-order valence-electron chi connectivity index (χ2n) is 4.90. The smallest absolute Gasteiger partial charge is 0.254 e. The number of methoxy groups -OCH3 is 1. The summed E-state index contributed by atoms with van der Waals surface area (Å²) in [5.74, 6) is 0.817. The van der Waals surface area contributed by atoms with Crippen LogP contribution in [0.1, 0.15) is 34.9 Å². The molecule has 5 heteroatoms. The highest BCUT2D eigenvalue weighted by molar-refractivity contribution is 5.94. The van der Waals surface area contributed by atoms with Gasteiger partial charge < -0.3 is 9.64 Å². The number of rotatable bonds is 3. The predicted molar refractivity (Wildman–Crippen MR) is 74.6 cm³/mol. The number of carbonyl (C=O) groups is 1. The molecule has 104 valence electrons. The summed E-state index contributed by atoms with van der Waals surface area (Å²) in [7, 11) is 1.62. The predicted octanol–water partition coefficient (Wildman–Crippen LogP) is 2.40. The Morgan fingerprint density at radius 1 is 1.35 bits per heavy atom.